The molecule has 0 heterocycles. The Morgan fingerprint density at radius 3 is 2.65 bits per heavy atom. The van der Waals surface area contributed by atoms with Gasteiger partial charge in [0.2, 0.25) is 0 Å². The van der Waals surface area contributed by atoms with Crippen molar-refractivity contribution in [3.63, 3.8) is 0 Å². The highest BCUT2D eigenvalue weighted by atomic mass is 16.5. The molecule has 118 valence electrons. The number of rotatable bonds is 6. The van der Waals surface area contributed by atoms with E-state index < -0.39 is 0 Å². The summed E-state index contributed by atoms with van der Waals surface area (Å²) in [5.74, 6) is 0.915. The highest BCUT2D eigenvalue weighted by molar-refractivity contribution is 5.87. The molecule has 23 heavy (non-hydrogen) atoms. The topological polar surface area (TPSA) is 21.3 Å². The molecule has 0 atom stereocenters. The molecule has 0 saturated heterocycles. The largest absolute Gasteiger partial charge is 0.497 e. The average Bonchev–Trinajstić information content (AvgIpc) is 2.58. The zero-order chi connectivity index (χ0) is 16.1. The van der Waals surface area contributed by atoms with Gasteiger partial charge < -0.3 is 10.1 Å². The van der Waals surface area contributed by atoms with Crippen LogP contribution in [0.2, 0.25) is 0 Å². The normalized spacial score (nSPS) is 10.9. The molecule has 0 unspecified atom stereocenters. The van der Waals surface area contributed by atoms with Gasteiger partial charge in [-0.2, -0.15) is 0 Å². The zero-order valence-corrected chi connectivity index (χ0v) is 13.8. The van der Waals surface area contributed by atoms with Crippen LogP contribution < -0.4 is 10.1 Å². The number of methoxy groups -OCH3 is 1. The van der Waals surface area contributed by atoms with Crippen LogP contribution in [0, 0.1) is 6.92 Å². The lowest BCUT2D eigenvalue weighted by molar-refractivity contribution is 0.415. The Bertz CT molecular complexity index is 795. The maximum atomic E-state index is 5.36. The molecule has 3 rings (SSSR count). The van der Waals surface area contributed by atoms with Crippen LogP contribution in [-0.2, 0) is 13.0 Å². The number of ether oxygens (including phenoxy) is 1. The molecular weight excluding hydrogens is 282 g/mol. The summed E-state index contributed by atoms with van der Waals surface area (Å²) >= 11 is 0. The lowest BCUT2D eigenvalue weighted by atomic mass is 10.0. The highest BCUT2D eigenvalue weighted by Gasteiger charge is 2.03. The maximum absolute atomic E-state index is 5.36. The Hall–Kier alpha value is -2.32. The fraction of sp³-hybridized carbons (Fsp3) is 0.238. The summed E-state index contributed by atoms with van der Waals surface area (Å²) in [5, 5.41) is 6.09. The smallest absolute Gasteiger partial charge is 0.119 e. The molecule has 0 aliphatic carbocycles. The quantitative estimate of drug-likeness (QED) is 0.678. The number of fused-ring (bicyclic) bond motifs is 1. The first-order chi connectivity index (χ1) is 11.3. The monoisotopic (exact) mass is 305 g/mol. The third kappa shape index (κ3) is 3.91. The van der Waals surface area contributed by atoms with Gasteiger partial charge in [0.15, 0.2) is 0 Å². The molecule has 0 radical (unpaired) electrons. The molecule has 0 aliphatic rings. The number of hydrogen-bond acceptors (Lipinski definition) is 2. The van der Waals surface area contributed by atoms with Crippen molar-refractivity contribution in [3.8, 4) is 5.75 Å². The molecule has 0 bridgehead atoms. The number of nitrogens with one attached hydrogen (secondary N) is 1. The average molecular weight is 305 g/mol. The molecule has 0 saturated carbocycles. The van der Waals surface area contributed by atoms with E-state index in [1.807, 2.05) is 6.07 Å². The van der Waals surface area contributed by atoms with E-state index in [2.05, 4.69) is 66.8 Å². The Labute approximate surface area is 138 Å². The van der Waals surface area contributed by atoms with E-state index in [1.165, 1.54) is 27.5 Å². The molecule has 0 aromatic heterocycles. The Morgan fingerprint density at radius 1 is 0.957 bits per heavy atom. The van der Waals surface area contributed by atoms with Crippen molar-refractivity contribution in [1.82, 2.24) is 5.32 Å². The van der Waals surface area contributed by atoms with Gasteiger partial charge in [0.05, 0.1) is 7.11 Å². The van der Waals surface area contributed by atoms with Crippen LogP contribution in [0.4, 0.5) is 0 Å². The summed E-state index contributed by atoms with van der Waals surface area (Å²) in [6.45, 7) is 4.01. The minimum absolute atomic E-state index is 0.912. The zero-order valence-electron chi connectivity index (χ0n) is 13.8. The second-order valence-electron chi connectivity index (χ2n) is 5.92. The van der Waals surface area contributed by atoms with Crippen LogP contribution in [0.1, 0.15) is 16.7 Å². The number of benzene rings is 3. The molecule has 0 aliphatic heterocycles. The van der Waals surface area contributed by atoms with Gasteiger partial charge in [-0.05, 0) is 53.9 Å². The van der Waals surface area contributed by atoms with Crippen LogP contribution in [0.3, 0.4) is 0 Å². The van der Waals surface area contributed by atoms with Gasteiger partial charge in [-0.15, -0.1) is 0 Å². The van der Waals surface area contributed by atoms with Crippen molar-refractivity contribution in [1.29, 1.82) is 0 Å². The van der Waals surface area contributed by atoms with Crippen LogP contribution in [0.15, 0.2) is 60.7 Å². The SMILES string of the molecule is COc1ccc2cccc(CCNCc3cccc(C)c3)c2c1. The molecule has 0 spiro atoms. The Morgan fingerprint density at radius 2 is 1.83 bits per heavy atom. The third-order valence-electron chi connectivity index (χ3n) is 4.16. The van der Waals surface area contributed by atoms with E-state index in [4.69, 9.17) is 4.74 Å². The van der Waals surface area contributed by atoms with Crippen molar-refractivity contribution in [2.75, 3.05) is 13.7 Å². The summed E-state index contributed by atoms with van der Waals surface area (Å²) in [6, 6.07) is 21.4. The predicted molar refractivity (Wildman–Crippen MR) is 97.1 cm³/mol. The van der Waals surface area contributed by atoms with Crippen molar-refractivity contribution >= 4 is 10.8 Å². The lowest BCUT2D eigenvalue weighted by Gasteiger charge is -2.10. The maximum Gasteiger partial charge on any atom is 0.119 e. The molecule has 2 heteroatoms. The van der Waals surface area contributed by atoms with Crippen LogP contribution in [0.25, 0.3) is 10.8 Å². The fourth-order valence-electron chi connectivity index (χ4n) is 2.94. The van der Waals surface area contributed by atoms with Gasteiger partial charge in [-0.1, -0.05) is 54.1 Å². The molecule has 2 nitrogen and oxygen atoms in total. The van der Waals surface area contributed by atoms with Crippen LogP contribution in [0.5, 0.6) is 5.75 Å². The lowest BCUT2D eigenvalue weighted by Crippen LogP contribution is -2.16. The van der Waals surface area contributed by atoms with E-state index in [-0.39, 0.29) is 0 Å². The van der Waals surface area contributed by atoms with Crippen LogP contribution >= 0.6 is 0 Å². The molecule has 0 fully saturated rings. The summed E-state index contributed by atoms with van der Waals surface area (Å²) < 4.78 is 5.36. The van der Waals surface area contributed by atoms with E-state index in [0.29, 0.717) is 0 Å². The first-order valence-electron chi connectivity index (χ1n) is 8.08. The van der Waals surface area contributed by atoms with Crippen molar-refractivity contribution in [2.24, 2.45) is 0 Å². The fourth-order valence-corrected chi connectivity index (χ4v) is 2.94. The third-order valence-corrected chi connectivity index (χ3v) is 4.16. The molecule has 3 aromatic rings. The van der Waals surface area contributed by atoms with Gasteiger partial charge in [0.25, 0.3) is 0 Å². The Kier molecular flexibility index (Phi) is 4.94. The van der Waals surface area contributed by atoms with E-state index in [0.717, 1.165) is 25.3 Å². The van der Waals surface area contributed by atoms with Gasteiger partial charge in [0, 0.05) is 6.54 Å². The second-order valence-corrected chi connectivity index (χ2v) is 5.92. The second kappa shape index (κ2) is 7.30. The minimum atomic E-state index is 0.912. The summed E-state index contributed by atoms with van der Waals surface area (Å²) in [7, 11) is 1.72. The standard InChI is InChI=1S/C21H23NO/c1-16-5-3-6-17(13-16)15-22-12-11-19-8-4-7-18-9-10-20(23-2)14-21(18)19/h3-10,13-14,22H,11-12,15H2,1-2H3. The predicted octanol–water partition coefficient (Wildman–Crippen LogP) is 4.49. The minimum Gasteiger partial charge on any atom is -0.497 e. The van der Waals surface area contributed by atoms with E-state index >= 15 is 0 Å². The first-order valence-corrected chi connectivity index (χ1v) is 8.08. The van der Waals surface area contributed by atoms with Gasteiger partial charge >= 0.3 is 0 Å². The molecule has 1 N–H and O–H groups in total. The molecule has 0 amide bonds. The summed E-state index contributed by atoms with van der Waals surface area (Å²) in [6.07, 6.45) is 1.01. The van der Waals surface area contributed by atoms with Crippen molar-refractivity contribution in [2.45, 2.75) is 19.9 Å². The first kappa shape index (κ1) is 15.6. The van der Waals surface area contributed by atoms with Crippen molar-refractivity contribution < 1.29 is 4.74 Å². The highest BCUT2D eigenvalue weighted by Crippen LogP contribution is 2.24. The summed E-state index contributed by atoms with van der Waals surface area (Å²) in [4.78, 5) is 0. The molecule has 3 aromatic carbocycles. The Balaban J connectivity index is 1.65. The van der Waals surface area contributed by atoms with Crippen molar-refractivity contribution in [3.05, 3.63) is 77.4 Å². The van der Waals surface area contributed by atoms with Crippen LogP contribution in [-0.4, -0.2) is 13.7 Å². The van der Waals surface area contributed by atoms with Gasteiger partial charge in [0.1, 0.15) is 5.75 Å². The number of aryl methyl sites for hydroxylation is 1. The summed E-state index contributed by atoms with van der Waals surface area (Å²) in [5.41, 5.74) is 4.01. The van der Waals surface area contributed by atoms with E-state index in [9.17, 15) is 0 Å². The van der Waals surface area contributed by atoms with Gasteiger partial charge in [-0.3, -0.25) is 0 Å². The van der Waals surface area contributed by atoms with Gasteiger partial charge in [-0.25, -0.2) is 0 Å². The molecular formula is C21H23NO. The van der Waals surface area contributed by atoms with E-state index in [1.54, 1.807) is 7.11 Å². The number of hydrogen-bond donors (Lipinski definition) is 1.